The van der Waals surface area contributed by atoms with E-state index in [-0.39, 0.29) is 18.4 Å². The summed E-state index contributed by atoms with van der Waals surface area (Å²) in [6.07, 6.45) is 6.91. The van der Waals surface area contributed by atoms with E-state index in [9.17, 15) is 15.5 Å². The minimum atomic E-state index is 0.0349. The van der Waals surface area contributed by atoms with Crippen molar-refractivity contribution in [1.29, 1.82) is 5.26 Å². The van der Waals surface area contributed by atoms with Crippen molar-refractivity contribution < 1.29 is 10.2 Å². The van der Waals surface area contributed by atoms with Crippen molar-refractivity contribution in [3.05, 3.63) is 52.4 Å². The third kappa shape index (κ3) is 3.45. The second kappa shape index (κ2) is 8.60. The van der Waals surface area contributed by atoms with Crippen molar-refractivity contribution in [2.24, 2.45) is 0 Å². The molecule has 1 saturated heterocycles. The third-order valence-electron chi connectivity index (χ3n) is 6.56. The van der Waals surface area contributed by atoms with E-state index in [0.29, 0.717) is 50.0 Å². The molecule has 0 aliphatic carbocycles. The molecule has 5 rings (SSSR count). The number of aryl methyl sites for hydroxylation is 1. The van der Waals surface area contributed by atoms with E-state index in [1.807, 2.05) is 24.8 Å². The summed E-state index contributed by atoms with van der Waals surface area (Å²) in [5, 5.41) is 30.8. The van der Waals surface area contributed by atoms with Crippen molar-refractivity contribution in [2.45, 2.75) is 32.7 Å². The number of hydrogen-bond acceptors (Lipinski definition) is 7. The molecule has 1 aromatic carbocycles. The van der Waals surface area contributed by atoms with E-state index in [4.69, 9.17) is 11.6 Å². The first-order valence-corrected chi connectivity index (χ1v) is 11.4. The maximum absolute atomic E-state index is 10.2. The Labute approximate surface area is 201 Å². The quantitative estimate of drug-likeness (QED) is 0.398. The fourth-order valence-corrected chi connectivity index (χ4v) is 5.10. The van der Waals surface area contributed by atoms with Gasteiger partial charge in [-0.1, -0.05) is 17.7 Å². The van der Waals surface area contributed by atoms with Gasteiger partial charge in [0.25, 0.3) is 0 Å². The summed E-state index contributed by atoms with van der Waals surface area (Å²) >= 11 is 6.79. The van der Waals surface area contributed by atoms with Gasteiger partial charge in [0.2, 0.25) is 5.95 Å². The highest BCUT2D eigenvalue weighted by molar-refractivity contribution is 6.38. The van der Waals surface area contributed by atoms with Crippen LogP contribution in [0.3, 0.4) is 0 Å². The number of pyridine rings is 1. The first-order chi connectivity index (χ1) is 16.4. The van der Waals surface area contributed by atoms with Crippen molar-refractivity contribution in [3.8, 4) is 34.2 Å². The molecule has 172 valence electrons. The van der Waals surface area contributed by atoms with Crippen LogP contribution in [0.25, 0.3) is 33.4 Å². The number of nitrogens with one attached hydrogen (secondary N) is 1. The molecule has 34 heavy (non-hydrogen) atoms. The number of H-pyrrole nitrogens is 1. The van der Waals surface area contributed by atoms with Gasteiger partial charge in [0.1, 0.15) is 17.5 Å². The number of phenols is 1. The number of hydrogen-bond donors (Lipinski definition) is 3. The molecule has 1 fully saturated rings. The normalized spacial score (nSPS) is 15.7. The number of aromatic hydroxyl groups is 1. The molecule has 1 unspecified atom stereocenters. The molecule has 3 aromatic heterocycles. The summed E-state index contributed by atoms with van der Waals surface area (Å²) in [5.74, 6) is 0.726. The molecule has 1 atom stereocenters. The van der Waals surface area contributed by atoms with Gasteiger partial charge in [-0.15, -0.1) is 0 Å². The Morgan fingerprint density at radius 2 is 1.97 bits per heavy atom. The average molecular weight is 475 g/mol. The van der Waals surface area contributed by atoms with Gasteiger partial charge in [-0.2, -0.15) is 5.26 Å². The minimum absolute atomic E-state index is 0.0349. The molecule has 4 aromatic rings. The number of aliphatic hydroxyl groups excluding tert-OH is 1. The monoisotopic (exact) mass is 474 g/mol. The molecule has 0 saturated carbocycles. The Morgan fingerprint density at radius 1 is 1.21 bits per heavy atom. The molecule has 9 heteroatoms. The lowest BCUT2D eigenvalue weighted by molar-refractivity contribution is 0.265. The number of aliphatic hydroxyl groups is 1. The average Bonchev–Trinajstić information content (AvgIpc) is 3.46. The van der Waals surface area contributed by atoms with Gasteiger partial charge >= 0.3 is 0 Å². The second-order valence-electron chi connectivity index (χ2n) is 8.54. The Balaban J connectivity index is 1.61. The largest absolute Gasteiger partial charge is 0.508 e. The summed E-state index contributed by atoms with van der Waals surface area (Å²) in [6, 6.07) is 5.78. The van der Waals surface area contributed by atoms with Gasteiger partial charge < -0.3 is 20.1 Å². The number of halogens is 1. The SMILES string of the molecule is Cc1ccc(O)c(C)c1-c1cnc2[nH]c(-c3cnc(N4CCCC4CO)nc3)c(Cl)c2c1C#N. The van der Waals surface area contributed by atoms with Crippen LogP contribution in [0.1, 0.15) is 29.5 Å². The first-order valence-electron chi connectivity index (χ1n) is 11.0. The van der Waals surface area contributed by atoms with Gasteiger partial charge in [0, 0.05) is 36.3 Å². The van der Waals surface area contributed by atoms with E-state index in [1.54, 1.807) is 24.7 Å². The summed E-state index contributed by atoms with van der Waals surface area (Å²) in [6.45, 7) is 4.62. The zero-order valence-corrected chi connectivity index (χ0v) is 19.6. The van der Waals surface area contributed by atoms with Crippen LogP contribution in [-0.2, 0) is 0 Å². The second-order valence-corrected chi connectivity index (χ2v) is 8.92. The number of anilines is 1. The first kappa shape index (κ1) is 22.1. The fourth-order valence-electron chi connectivity index (χ4n) is 4.76. The number of nitriles is 1. The highest BCUT2D eigenvalue weighted by Gasteiger charge is 2.26. The van der Waals surface area contributed by atoms with Gasteiger partial charge in [0.05, 0.1) is 34.3 Å². The lowest BCUT2D eigenvalue weighted by Gasteiger charge is -2.22. The smallest absolute Gasteiger partial charge is 0.225 e. The predicted molar refractivity (Wildman–Crippen MR) is 131 cm³/mol. The summed E-state index contributed by atoms with van der Waals surface area (Å²) < 4.78 is 0. The fraction of sp³-hybridized carbons (Fsp3) is 0.280. The van der Waals surface area contributed by atoms with Gasteiger partial charge in [0.15, 0.2) is 0 Å². The van der Waals surface area contributed by atoms with E-state index in [2.05, 4.69) is 26.0 Å². The van der Waals surface area contributed by atoms with Crippen LogP contribution in [-0.4, -0.2) is 49.3 Å². The third-order valence-corrected chi connectivity index (χ3v) is 6.94. The predicted octanol–water partition coefficient (Wildman–Crippen LogP) is 4.50. The molecule has 0 amide bonds. The van der Waals surface area contributed by atoms with Crippen molar-refractivity contribution >= 4 is 28.6 Å². The lowest BCUT2D eigenvalue weighted by atomic mass is 9.92. The summed E-state index contributed by atoms with van der Waals surface area (Å²) in [7, 11) is 0. The number of nitrogens with zero attached hydrogens (tertiary/aromatic N) is 5. The van der Waals surface area contributed by atoms with Gasteiger partial charge in [-0.3, -0.25) is 0 Å². The zero-order chi connectivity index (χ0) is 24.0. The summed E-state index contributed by atoms with van der Waals surface area (Å²) in [4.78, 5) is 18.8. The van der Waals surface area contributed by atoms with Crippen molar-refractivity contribution in [1.82, 2.24) is 19.9 Å². The number of benzene rings is 1. The van der Waals surface area contributed by atoms with Crippen LogP contribution in [0.4, 0.5) is 5.95 Å². The van der Waals surface area contributed by atoms with Crippen LogP contribution in [0.5, 0.6) is 5.75 Å². The van der Waals surface area contributed by atoms with Crippen LogP contribution in [0.15, 0.2) is 30.7 Å². The molecule has 0 radical (unpaired) electrons. The maximum atomic E-state index is 10.2. The van der Waals surface area contributed by atoms with Crippen molar-refractivity contribution in [3.63, 3.8) is 0 Å². The zero-order valence-electron chi connectivity index (χ0n) is 18.8. The Kier molecular flexibility index (Phi) is 5.60. The number of phenolic OH excluding ortho intramolecular Hbond substituents is 1. The number of aromatic amines is 1. The molecular formula is C25H23ClN6O2. The molecule has 8 nitrogen and oxygen atoms in total. The minimum Gasteiger partial charge on any atom is -0.508 e. The highest BCUT2D eigenvalue weighted by atomic mass is 35.5. The molecule has 0 bridgehead atoms. The highest BCUT2D eigenvalue weighted by Crippen LogP contribution is 2.41. The van der Waals surface area contributed by atoms with Crippen LogP contribution in [0.2, 0.25) is 5.02 Å². The van der Waals surface area contributed by atoms with E-state index >= 15 is 0 Å². The molecular weight excluding hydrogens is 452 g/mol. The topological polar surface area (TPSA) is 122 Å². The Morgan fingerprint density at radius 3 is 2.68 bits per heavy atom. The molecule has 1 aliphatic heterocycles. The molecule has 4 heterocycles. The van der Waals surface area contributed by atoms with Gasteiger partial charge in [-0.05, 0) is 49.4 Å². The Hall–Kier alpha value is -3.67. The standard InChI is InChI=1S/C25H23ClN6O2/c1-13-5-6-19(34)14(2)20(13)18-11-28-24-21(17(18)8-27)22(26)23(31-24)15-9-29-25(30-10-15)32-7-3-4-16(32)12-33/h5-6,9-11,16,33-34H,3-4,7,12H2,1-2H3,(H,28,31). The number of aromatic nitrogens is 4. The van der Waals surface area contributed by atoms with Crippen LogP contribution in [0, 0.1) is 25.2 Å². The molecule has 0 spiro atoms. The number of fused-ring (bicyclic) bond motifs is 1. The van der Waals surface area contributed by atoms with Gasteiger partial charge in [-0.25, -0.2) is 15.0 Å². The molecule has 3 N–H and O–H groups in total. The number of rotatable bonds is 4. The van der Waals surface area contributed by atoms with E-state index in [0.717, 1.165) is 30.5 Å². The molecule has 1 aliphatic rings. The van der Waals surface area contributed by atoms with Crippen LogP contribution < -0.4 is 4.90 Å². The lowest BCUT2D eigenvalue weighted by Crippen LogP contribution is -2.33. The van der Waals surface area contributed by atoms with Crippen LogP contribution >= 0.6 is 11.6 Å². The summed E-state index contributed by atoms with van der Waals surface area (Å²) in [5.41, 5.74) is 5.10. The van der Waals surface area contributed by atoms with E-state index < -0.39 is 0 Å². The van der Waals surface area contributed by atoms with Crippen molar-refractivity contribution in [2.75, 3.05) is 18.1 Å². The Bertz CT molecular complexity index is 1440. The van der Waals surface area contributed by atoms with E-state index in [1.165, 1.54) is 0 Å². The maximum Gasteiger partial charge on any atom is 0.225 e.